The molecule has 1 aromatic heterocycles. The molecule has 1 N–H and O–H groups in total. The van der Waals surface area contributed by atoms with Crippen LogP contribution in [0.1, 0.15) is 30.1 Å². The van der Waals surface area contributed by atoms with Crippen molar-refractivity contribution in [3.63, 3.8) is 0 Å². The number of hydrogen-bond acceptors (Lipinski definition) is 4. The highest BCUT2D eigenvalue weighted by Gasteiger charge is 2.29. The molecule has 1 aliphatic heterocycles. The van der Waals surface area contributed by atoms with Gasteiger partial charge in [-0.05, 0) is 30.2 Å². The second-order valence-electron chi connectivity index (χ2n) is 5.10. The fourth-order valence-electron chi connectivity index (χ4n) is 2.46. The SMILES string of the molecule is CC1CNCC1c1nc(Cc2cccc(Cl)c2)no1. The Labute approximate surface area is 117 Å². The molecule has 3 rings (SSSR count). The first-order valence-corrected chi connectivity index (χ1v) is 6.88. The number of aromatic nitrogens is 2. The van der Waals surface area contributed by atoms with Crippen LogP contribution >= 0.6 is 11.6 Å². The molecule has 2 aromatic rings. The average molecular weight is 278 g/mol. The Bertz CT molecular complexity index is 569. The highest BCUT2D eigenvalue weighted by molar-refractivity contribution is 6.30. The van der Waals surface area contributed by atoms with E-state index in [-0.39, 0.29) is 0 Å². The molecule has 0 spiro atoms. The fourth-order valence-corrected chi connectivity index (χ4v) is 2.67. The molecule has 0 saturated carbocycles. The summed E-state index contributed by atoms with van der Waals surface area (Å²) in [5.41, 5.74) is 1.09. The third-order valence-electron chi connectivity index (χ3n) is 3.57. The van der Waals surface area contributed by atoms with Crippen molar-refractivity contribution in [2.75, 3.05) is 13.1 Å². The van der Waals surface area contributed by atoms with Gasteiger partial charge < -0.3 is 9.84 Å². The molecule has 0 radical (unpaired) electrons. The Hall–Kier alpha value is -1.39. The zero-order valence-corrected chi connectivity index (χ0v) is 11.5. The first-order chi connectivity index (χ1) is 9.22. The van der Waals surface area contributed by atoms with Crippen LogP contribution in [0.3, 0.4) is 0 Å². The first-order valence-electron chi connectivity index (χ1n) is 6.50. The van der Waals surface area contributed by atoms with Crippen LogP contribution < -0.4 is 5.32 Å². The van der Waals surface area contributed by atoms with Gasteiger partial charge in [-0.15, -0.1) is 0 Å². The van der Waals surface area contributed by atoms with Gasteiger partial charge in [-0.3, -0.25) is 0 Å². The molecule has 0 bridgehead atoms. The largest absolute Gasteiger partial charge is 0.339 e. The molecule has 1 aliphatic rings. The summed E-state index contributed by atoms with van der Waals surface area (Å²) >= 11 is 5.97. The number of benzene rings is 1. The normalized spacial score (nSPS) is 22.8. The van der Waals surface area contributed by atoms with Crippen LogP contribution in [-0.2, 0) is 6.42 Å². The number of nitrogens with zero attached hydrogens (tertiary/aromatic N) is 2. The van der Waals surface area contributed by atoms with Crippen molar-refractivity contribution in [2.45, 2.75) is 19.3 Å². The third kappa shape index (κ3) is 2.80. The molecule has 19 heavy (non-hydrogen) atoms. The number of halogens is 1. The minimum Gasteiger partial charge on any atom is -0.339 e. The minimum atomic E-state index is 0.334. The highest BCUT2D eigenvalue weighted by atomic mass is 35.5. The van der Waals surface area contributed by atoms with Crippen molar-refractivity contribution in [1.82, 2.24) is 15.5 Å². The van der Waals surface area contributed by atoms with Gasteiger partial charge in [-0.1, -0.05) is 35.8 Å². The van der Waals surface area contributed by atoms with Gasteiger partial charge in [0, 0.05) is 18.0 Å². The molecule has 5 heteroatoms. The van der Waals surface area contributed by atoms with E-state index in [2.05, 4.69) is 22.4 Å². The van der Waals surface area contributed by atoms with Gasteiger partial charge in [0.05, 0.1) is 5.92 Å². The van der Waals surface area contributed by atoms with Crippen LogP contribution in [0.25, 0.3) is 0 Å². The molecule has 0 amide bonds. The van der Waals surface area contributed by atoms with Crippen LogP contribution in [0.2, 0.25) is 5.02 Å². The minimum absolute atomic E-state index is 0.334. The van der Waals surface area contributed by atoms with Crippen molar-refractivity contribution in [1.29, 1.82) is 0 Å². The Morgan fingerprint density at radius 2 is 2.32 bits per heavy atom. The second-order valence-corrected chi connectivity index (χ2v) is 5.53. The van der Waals surface area contributed by atoms with Gasteiger partial charge in [0.1, 0.15) is 0 Å². The summed E-state index contributed by atoms with van der Waals surface area (Å²) in [7, 11) is 0. The van der Waals surface area contributed by atoms with E-state index in [0.717, 1.165) is 35.4 Å². The van der Waals surface area contributed by atoms with Gasteiger partial charge >= 0.3 is 0 Å². The summed E-state index contributed by atoms with van der Waals surface area (Å²) in [6.07, 6.45) is 0.651. The first kappa shape index (κ1) is 12.6. The lowest BCUT2D eigenvalue weighted by Gasteiger charge is -2.07. The van der Waals surface area contributed by atoms with Crippen molar-refractivity contribution >= 4 is 11.6 Å². The maximum Gasteiger partial charge on any atom is 0.231 e. The van der Waals surface area contributed by atoms with Gasteiger partial charge in [0.25, 0.3) is 0 Å². The Kier molecular flexibility index (Phi) is 3.53. The molecule has 1 aromatic carbocycles. The van der Waals surface area contributed by atoms with E-state index in [1.165, 1.54) is 0 Å². The van der Waals surface area contributed by atoms with Crippen LogP contribution in [0.4, 0.5) is 0 Å². The van der Waals surface area contributed by atoms with E-state index >= 15 is 0 Å². The third-order valence-corrected chi connectivity index (χ3v) is 3.80. The van der Waals surface area contributed by atoms with Gasteiger partial charge in [-0.2, -0.15) is 4.98 Å². The maximum absolute atomic E-state index is 5.97. The smallest absolute Gasteiger partial charge is 0.231 e. The summed E-state index contributed by atoms with van der Waals surface area (Å²) in [6.45, 7) is 4.13. The molecule has 1 saturated heterocycles. The predicted octanol–water partition coefficient (Wildman–Crippen LogP) is 2.64. The molecule has 2 heterocycles. The predicted molar refractivity (Wildman–Crippen MR) is 73.3 cm³/mol. The lowest BCUT2D eigenvalue weighted by atomic mass is 9.98. The summed E-state index contributed by atoms with van der Waals surface area (Å²) in [5, 5.41) is 8.14. The van der Waals surface area contributed by atoms with Crippen LogP contribution in [0.5, 0.6) is 0 Å². The van der Waals surface area contributed by atoms with Crippen LogP contribution in [-0.4, -0.2) is 23.2 Å². The van der Waals surface area contributed by atoms with Crippen molar-refractivity contribution in [3.8, 4) is 0 Å². The fraction of sp³-hybridized carbons (Fsp3) is 0.429. The average Bonchev–Trinajstić information content (AvgIpc) is 2.98. The molecule has 2 atom stereocenters. The Morgan fingerprint density at radius 1 is 1.42 bits per heavy atom. The molecule has 4 nitrogen and oxygen atoms in total. The lowest BCUT2D eigenvalue weighted by Crippen LogP contribution is -2.08. The standard InChI is InChI=1S/C14H16ClN3O/c1-9-7-16-8-12(9)14-17-13(18-19-14)6-10-3-2-4-11(15)5-10/h2-5,9,12,16H,6-8H2,1H3. The molecule has 2 unspecified atom stereocenters. The summed E-state index contributed by atoms with van der Waals surface area (Å²) in [5.74, 6) is 2.34. The van der Waals surface area contributed by atoms with Gasteiger partial charge in [0.2, 0.25) is 5.89 Å². The van der Waals surface area contributed by atoms with Crippen molar-refractivity contribution in [3.05, 3.63) is 46.6 Å². The highest BCUT2D eigenvalue weighted by Crippen LogP contribution is 2.26. The molecule has 100 valence electrons. The van der Waals surface area contributed by atoms with E-state index in [1.807, 2.05) is 24.3 Å². The number of rotatable bonds is 3. The summed E-state index contributed by atoms with van der Waals surface area (Å²) in [6, 6.07) is 7.74. The number of hydrogen-bond donors (Lipinski definition) is 1. The van der Waals surface area contributed by atoms with Crippen molar-refractivity contribution < 1.29 is 4.52 Å². The molecule has 0 aliphatic carbocycles. The van der Waals surface area contributed by atoms with E-state index in [4.69, 9.17) is 16.1 Å². The van der Waals surface area contributed by atoms with Gasteiger partial charge in [-0.25, -0.2) is 0 Å². The second kappa shape index (κ2) is 5.31. The molecular weight excluding hydrogens is 262 g/mol. The Balaban J connectivity index is 1.74. The zero-order chi connectivity index (χ0) is 13.2. The molecular formula is C14H16ClN3O. The van der Waals surface area contributed by atoms with Crippen LogP contribution in [0, 0.1) is 5.92 Å². The van der Waals surface area contributed by atoms with E-state index in [9.17, 15) is 0 Å². The zero-order valence-electron chi connectivity index (χ0n) is 10.8. The topological polar surface area (TPSA) is 51.0 Å². The molecule has 1 fully saturated rings. The van der Waals surface area contributed by atoms with E-state index in [1.54, 1.807) is 0 Å². The maximum atomic E-state index is 5.97. The quantitative estimate of drug-likeness (QED) is 0.937. The monoisotopic (exact) mass is 277 g/mol. The van der Waals surface area contributed by atoms with E-state index < -0.39 is 0 Å². The Morgan fingerprint density at radius 3 is 3.05 bits per heavy atom. The number of nitrogens with one attached hydrogen (secondary N) is 1. The van der Waals surface area contributed by atoms with E-state index in [0.29, 0.717) is 18.3 Å². The summed E-state index contributed by atoms with van der Waals surface area (Å²) < 4.78 is 5.39. The van der Waals surface area contributed by atoms with Crippen LogP contribution in [0.15, 0.2) is 28.8 Å². The van der Waals surface area contributed by atoms with Gasteiger partial charge in [0.15, 0.2) is 5.82 Å². The van der Waals surface area contributed by atoms with Crippen molar-refractivity contribution in [2.24, 2.45) is 5.92 Å². The summed E-state index contributed by atoms with van der Waals surface area (Å²) in [4.78, 5) is 4.51. The lowest BCUT2D eigenvalue weighted by molar-refractivity contribution is 0.337.